The molecule has 424 valence electrons. The van der Waals surface area contributed by atoms with Crippen molar-refractivity contribution in [1.82, 2.24) is 0 Å². The van der Waals surface area contributed by atoms with Crippen LogP contribution in [0.1, 0.15) is 164 Å². The lowest BCUT2D eigenvalue weighted by Gasteiger charge is -2.44. The summed E-state index contributed by atoms with van der Waals surface area (Å²) in [6.07, 6.45) is 20.1. The molecule has 0 radical (unpaired) electrons. The van der Waals surface area contributed by atoms with E-state index in [4.69, 9.17) is 60.9 Å². The fourth-order valence-electron chi connectivity index (χ4n) is 5.90. The number of hydrogen-bond acceptors (Lipinski definition) is 20. The highest BCUT2D eigenvalue weighted by atomic mass is 16.6. The highest BCUT2D eigenvalue weighted by Crippen LogP contribution is 2.47. The largest absolute Gasteiger partial charge is 0.481 e. The van der Waals surface area contributed by atoms with Gasteiger partial charge in [0.25, 0.3) is 0 Å². The average molecular weight is 1040 g/mol. The Morgan fingerprint density at radius 1 is 0.569 bits per heavy atom. The molecule has 0 aromatic rings. The van der Waals surface area contributed by atoms with Gasteiger partial charge in [0, 0.05) is 50.1 Å². The van der Waals surface area contributed by atoms with Crippen LogP contribution in [0.3, 0.4) is 0 Å². The third kappa shape index (κ3) is 66.1. The predicted octanol–water partition coefficient (Wildman–Crippen LogP) is 4.22. The first-order valence-electron chi connectivity index (χ1n) is 24.7. The number of ether oxygens (including phenoxy) is 1. The van der Waals surface area contributed by atoms with Crippen molar-refractivity contribution in [1.29, 1.82) is 0 Å². The van der Waals surface area contributed by atoms with Gasteiger partial charge >= 0.3 is 11.9 Å². The van der Waals surface area contributed by atoms with Gasteiger partial charge in [-0.05, 0) is 94.8 Å². The van der Waals surface area contributed by atoms with Gasteiger partial charge in [-0.15, -0.1) is 0 Å². The molecular weight excluding hydrogens is 945 g/mol. The van der Waals surface area contributed by atoms with Crippen molar-refractivity contribution in [3.63, 3.8) is 0 Å². The van der Waals surface area contributed by atoms with Gasteiger partial charge < -0.3 is 60.9 Å². The molecule has 0 bridgehead atoms. The molecule has 3 atom stereocenters. The molecule has 1 aliphatic carbocycles. The minimum Gasteiger partial charge on any atom is -0.481 e. The number of carboxylic acids is 2. The molecular formula is C50H96N4O18. The third-order valence-electron chi connectivity index (χ3n) is 10.4. The summed E-state index contributed by atoms with van der Waals surface area (Å²) >= 11 is 0. The average Bonchev–Trinajstić information content (AvgIpc) is 4.14. The number of aliphatic hydroxyl groups is 9. The van der Waals surface area contributed by atoms with E-state index < -0.39 is 17.4 Å². The van der Waals surface area contributed by atoms with E-state index in [9.17, 15) is 28.8 Å². The Morgan fingerprint density at radius 3 is 1.18 bits per heavy atom. The van der Waals surface area contributed by atoms with Crippen LogP contribution in [0.4, 0.5) is 0 Å². The number of epoxide rings is 1. The molecule has 72 heavy (non-hydrogen) atoms. The normalized spacial score (nSPS) is 16.6. The number of rotatable bonds is 29. The molecule has 1 saturated carbocycles. The first-order chi connectivity index (χ1) is 34.0. The van der Waals surface area contributed by atoms with Crippen LogP contribution in [0.2, 0.25) is 0 Å². The first kappa shape index (κ1) is 79.5. The summed E-state index contributed by atoms with van der Waals surface area (Å²) in [5.74, 6) is -1.74. The lowest BCUT2D eigenvalue weighted by molar-refractivity contribution is -0.139. The molecule has 11 N–H and O–H groups in total. The van der Waals surface area contributed by atoms with Crippen molar-refractivity contribution in [2.45, 2.75) is 176 Å². The molecule has 2 fully saturated rings. The number of unbranched alkanes of at least 4 members (excludes halogenated alkanes) is 8. The van der Waals surface area contributed by atoms with Crippen molar-refractivity contribution in [2.75, 3.05) is 85.7 Å². The van der Waals surface area contributed by atoms with Crippen molar-refractivity contribution in [3.05, 3.63) is 0 Å². The topological polar surface area (TPSA) is 387 Å². The van der Waals surface area contributed by atoms with Crippen LogP contribution in [0.25, 0.3) is 0 Å². The van der Waals surface area contributed by atoms with Crippen LogP contribution in [0.15, 0.2) is 20.0 Å². The minimum atomic E-state index is -0.870. The van der Waals surface area contributed by atoms with E-state index in [0.717, 1.165) is 90.1 Å². The Kier molecular flexibility index (Phi) is 62.2. The van der Waals surface area contributed by atoms with Crippen molar-refractivity contribution in [2.24, 2.45) is 41.6 Å². The number of aliphatic imine (C=N–C) groups is 4. The van der Waals surface area contributed by atoms with Gasteiger partial charge in [-0.2, -0.15) is 0 Å². The molecule has 1 aliphatic heterocycles. The summed E-state index contributed by atoms with van der Waals surface area (Å²) in [5, 5.41) is 91.9. The predicted molar refractivity (Wildman–Crippen MR) is 272 cm³/mol. The summed E-state index contributed by atoms with van der Waals surface area (Å²) in [7, 11) is 0. The molecule has 22 nitrogen and oxygen atoms in total. The number of carbonyl (C=O) groups excluding carboxylic acids is 4. The Balaban J connectivity index is -0.000000178. The lowest BCUT2D eigenvalue weighted by atomic mass is 9.63. The van der Waals surface area contributed by atoms with E-state index in [0.29, 0.717) is 45.0 Å². The summed E-state index contributed by atoms with van der Waals surface area (Å²) in [6.45, 7) is 17.0. The van der Waals surface area contributed by atoms with Gasteiger partial charge in [-0.3, -0.25) is 9.59 Å². The second-order valence-electron chi connectivity index (χ2n) is 19.2. The highest BCUT2D eigenvalue weighted by Gasteiger charge is 2.41. The van der Waals surface area contributed by atoms with Crippen molar-refractivity contribution in [3.8, 4) is 0 Å². The minimum absolute atomic E-state index is 0.00750. The molecule has 2 rings (SSSR count). The molecule has 1 saturated heterocycles. The SMILES string of the molecule is CC(C)(CO)CO.CC1(C)CC(N=C=O)CC(C)(CN=C=O)C1.CC1CO1.CCC(CO)(CO)CO.O=C(O)CCCCC(=O)O.O=C=NCCCCCCN=C=O.OCCCCCCO.OCCCCO. The molecule has 0 spiro atoms. The fraction of sp³-hybridized carbons (Fsp3) is 0.880. The highest BCUT2D eigenvalue weighted by molar-refractivity contribution is 5.67. The lowest BCUT2D eigenvalue weighted by Crippen LogP contribution is -2.39. The summed E-state index contributed by atoms with van der Waals surface area (Å²) in [5.41, 5.74) is -0.916. The second kappa shape index (κ2) is 56.4. The quantitative estimate of drug-likeness (QED) is 0.0216. The smallest absolute Gasteiger partial charge is 0.303 e. The Hall–Kier alpha value is -3.94. The van der Waals surface area contributed by atoms with Gasteiger partial charge in [-0.25, -0.2) is 39.1 Å². The van der Waals surface area contributed by atoms with Gasteiger partial charge in [0.1, 0.15) is 0 Å². The van der Waals surface area contributed by atoms with Crippen LogP contribution >= 0.6 is 0 Å². The number of nitrogens with zero attached hydrogens (tertiary/aromatic N) is 4. The van der Waals surface area contributed by atoms with E-state index in [1.807, 2.05) is 6.92 Å². The number of aliphatic hydroxyl groups excluding tert-OH is 9. The van der Waals surface area contributed by atoms with E-state index in [2.05, 4.69) is 47.7 Å². The fourth-order valence-corrected chi connectivity index (χ4v) is 5.90. The van der Waals surface area contributed by atoms with E-state index in [1.54, 1.807) is 26.0 Å². The van der Waals surface area contributed by atoms with Gasteiger partial charge in [0.05, 0.1) is 71.4 Å². The van der Waals surface area contributed by atoms with Gasteiger partial charge in [0.2, 0.25) is 24.3 Å². The molecule has 1 heterocycles. The zero-order valence-electron chi connectivity index (χ0n) is 44.6. The van der Waals surface area contributed by atoms with Gasteiger partial charge in [0.15, 0.2) is 0 Å². The van der Waals surface area contributed by atoms with E-state index in [-0.39, 0.29) is 94.6 Å². The number of aliphatic carboxylic acids is 2. The van der Waals surface area contributed by atoms with Crippen LogP contribution in [0, 0.1) is 21.7 Å². The Labute approximate surface area is 428 Å². The maximum Gasteiger partial charge on any atom is 0.303 e. The monoisotopic (exact) mass is 1040 g/mol. The molecule has 2 aliphatic rings. The molecule has 0 aromatic carbocycles. The Bertz CT molecular complexity index is 1370. The zero-order valence-corrected chi connectivity index (χ0v) is 44.6. The molecule has 0 aromatic heterocycles. The van der Waals surface area contributed by atoms with E-state index in [1.165, 1.54) is 12.2 Å². The molecule has 22 heteroatoms. The Morgan fingerprint density at radius 2 is 0.931 bits per heavy atom. The van der Waals surface area contributed by atoms with Crippen LogP contribution in [-0.4, -0.2) is 190 Å². The van der Waals surface area contributed by atoms with E-state index >= 15 is 0 Å². The maximum atomic E-state index is 10.3. The van der Waals surface area contributed by atoms with Gasteiger partial charge in [-0.1, -0.05) is 67.2 Å². The standard InChI is InChI=1S/C12H18N2O2.C8H12N2O2.C6H10O4.C6H14O3.C6H14O2.C5H12O2.C4H10O2.C3H6O/c1-11(2)4-10(14-9-16)5-12(3,6-11)7-13-8-15;11-7-9-5-3-1-2-4-6-10-8-12;7-5(8)3-1-2-4-6(9)10;1-2-6(3-7,4-8)5-9;7-5-3-1-2-4-6-8;1-5(2,3-6)4-7;5-3-1-2-4-6;1-3-2-4-3/h10H,4-7H2,1-3H3;1-6H2;1-4H2,(H,7,8)(H,9,10);7-9H,2-5H2,1H3;7-8H,1-6H2;6-7H,3-4H2,1-2H3;5-6H,1-4H2;3H,2H2,1H3. The summed E-state index contributed by atoms with van der Waals surface area (Å²) in [4.78, 5) is 73.9. The number of carbonyl (C=O) groups is 2. The second-order valence-corrected chi connectivity index (χ2v) is 19.2. The molecule has 3 unspecified atom stereocenters. The van der Waals surface area contributed by atoms with Crippen LogP contribution in [0.5, 0.6) is 0 Å². The summed E-state index contributed by atoms with van der Waals surface area (Å²) < 4.78 is 4.71. The zero-order chi connectivity index (χ0) is 56.6. The third-order valence-corrected chi connectivity index (χ3v) is 10.4. The van der Waals surface area contributed by atoms with Crippen molar-refractivity contribution >= 4 is 36.3 Å². The number of carboxylic acid groups (broad SMARTS) is 2. The number of hydrogen-bond donors (Lipinski definition) is 11. The first-order valence-corrected chi connectivity index (χ1v) is 24.7. The maximum absolute atomic E-state index is 10.3. The molecule has 0 amide bonds. The van der Waals surface area contributed by atoms with Crippen LogP contribution in [-0.2, 0) is 33.5 Å². The number of isocyanates is 4. The van der Waals surface area contributed by atoms with Crippen LogP contribution < -0.4 is 0 Å². The van der Waals surface area contributed by atoms with Crippen molar-refractivity contribution < 1.29 is 89.7 Å². The summed E-state index contributed by atoms with van der Waals surface area (Å²) in [6, 6.07) is 0.00750.